The highest BCUT2D eigenvalue weighted by Crippen LogP contribution is 2.29. The average molecular weight is 287 g/mol. The molecule has 2 unspecified atom stereocenters. The molecule has 20 heavy (non-hydrogen) atoms. The van der Waals surface area contributed by atoms with Gasteiger partial charge in [-0.15, -0.1) is 0 Å². The van der Waals surface area contributed by atoms with Gasteiger partial charge in [0.2, 0.25) is 5.91 Å². The number of esters is 1. The molecular formula is C15H29NO4. The zero-order valence-electron chi connectivity index (χ0n) is 13.9. The lowest BCUT2D eigenvalue weighted by Crippen LogP contribution is -2.50. The van der Waals surface area contributed by atoms with Crippen LogP contribution in [0.3, 0.4) is 0 Å². The molecule has 0 heterocycles. The summed E-state index contributed by atoms with van der Waals surface area (Å²) < 4.78 is 10.2. The molecule has 0 bridgehead atoms. The van der Waals surface area contributed by atoms with Gasteiger partial charge in [-0.2, -0.15) is 0 Å². The Morgan fingerprint density at radius 3 is 2.10 bits per heavy atom. The van der Waals surface area contributed by atoms with Crippen molar-refractivity contribution in [3.63, 3.8) is 0 Å². The maximum atomic E-state index is 12.7. The standard InChI is InChI=1S/C15H29NO4/c1-8-16(11(3)10-19-7)13(17)12(15(4,5)6)14(18)20-9-2/h11-12H,8-10H2,1-7H3. The van der Waals surface area contributed by atoms with Gasteiger partial charge >= 0.3 is 5.97 Å². The lowest BCUT2D eigenvalue weighted by Gasteiger charge is -2.35. The zero-order valence-corrected chi connectivity index (χ0v) is 13.9. The fourth-order valence-electron chi connectivity index (χ4n) is 2.23. The SMILES string of the molecule is CCOC(=O)C(C(=O)N(CC)C(C)COC)C(C)(C)C. The van der Waals surface area contributed by atoms with Gasteiger partial charge in [0.05, 0.1) is 19.3 Å². The highest BCUT2D eigenvalue weighted by Gasteiger charge is 2.41. The van der Waals surface area contributed by atoms with E-state index in [1.54, 1.807) is 18.9 Å². The predicted molar refractivity (Wildman–Crippen MR) is 78.3 cm³/mol. The Morgan fingerprint density at radius 2 is 1.75 bits per heavy atom. The molecule has 0 radical (unpaired) electrons. The van der Waals surface area contributed by atoms with Crippen LogP contribution < -0.4 is 0 Å². The van der Waals surface area contributed by atoms with Crippen LogP contribution in [-0.4, -0.2) is 49.7 Å². The van der Waals surface area contributed by atoms with Crippen molar-refractivity contribution >= 4 is 11.9 Å². The van der Waals surface area contributed by atoms with Crippen LogP contribution in [0.2, 0.25) is 0 Å². The summed E-state index contributed by atoms with van der Waals surface area (Å²) in [4.78, 5) is 26.5. The van der Waals surface area contributed by atoms with Crippen LogP contribution >= 0.6 is 0 Å². The predicted octanol–water partition coefficient (Wildman–Crippen LogP) is 2.10. The summed E-state index contributed by atoms with van der Waals surface area (Å²) in [7, 11) is 1.60. The number of hydrogen-bond acceptors (Lipinski definition) is 4. The average Bonchev–Trinajstić information content (AvgIpc) is 2.28. The maximum Gasteiger partial charge on any atom is 0.319 e. The minimum Gasteiger partial charge on any atom is -0.465 e. The van der Waals surface area contributed by atoms with Gasteiger partial charge in [0.15, 0.2) is 0 Å². The molecule has 0 rings (SSSR count). The summed E-state index contributed by atoms with van der Waals surface area (Å²) in [5.41, 5.74) is -0.483. The first kappa shape index (κ1) is 18.9. The quantitative estimate of drug-likeness (QED) is 0.531. The third-order valence-corrected chi connectivity index (χ3v) is 3.20. The third-order valence-electron chi connectivity index (χ3n) is 3.20. The van der Waals surface area contributed by atoms with E-state index in [0.717, 1.165) is 0 Å². The molecule has 0 aromatic rings. The Labute approximate surface area is 122 Å². The van der Waals surface area contributed by atoms with Crippen molar-refractivity contribution in [3.05, 3.63) is 0 Å². The highest BCUT2D eigenvalue weighted by atomic mass is 16.5. The summed E-state index contributed by atoms with van der Waals surface area (Å²) >= 11 is 0. The van der Waals surface area contributed by atoms with Crippen LogP contribution in [-0.2, 0) is 19.1 Å². The van der Waals surface area contributed by atoms with Gasteiger partial charge in [0.25, 0.3) is 0 Å². The van der Waals surface area contributed by atoms with Gasteiger partial charge in [-0.3, -0.25) is 9.59 Å². The van der Waals surface area contributed by atoms with Crippen LogP contribution in [0.4, 0.5) is 0 Å². The fraction of sp³-hybridized carbons (Fsp3) is 0.867. The Bertz CT molecular complexity index is 322. The molecule has 5 nitrogen and oxygen atoms in total. The van der Waals surface area contributed by atoms with E-state index in [-0.39, 0.29) is 18.6 Å². The Balaban J connectivity index is 5.25. The van der Waals surface area contributed by atoms with Crippen LogP contribution in [0.1, 0.15) is 41.5 Å². The summed E-state index contributed by atoms with van der Waals surface area (Å²) in [5.74, 6) is -1.43. The van der Waals surface area contributed by atoms with E-state index in [0.29, 0.717) is 13.2 Å². The molecule has 0 aliphatic heterocycles. The molecule has 0 aliphatic rings. The van der Waals surface area contributed by atoms with Gasteiger partial charge in [0.1, 0.15) is 5.92 Å². The molecule has 0 aromatic carbocycles. The number of rotatable bonds is 7. The van der Waals surface area contributed by atoms with Gasteiger partial charge in [0, 0.05) is 13.7 Å². The summed E-state index contributed by atoms with van der Waals surface area (Å²) in [5, 5.41) is 0. The Hall–Kier alpha value is -1.10. The number of carbonyl (C=O) groups excluding carboxylic acids is 2. The smallest absolute Gasteiger partial charge is 0.319 e. The van der Waals surface area contributed by atoms with Crippen molar-refractivity contribution in [1.29, 1.82) is 0 Å². The van der Waals surface area contributed by atoms with E-state index >= 15 is 0 Å². The molecular weight excluding hydrogens is 258 g/mol. The normalized spacial score (nSPS) is 14.6. The van der Waals surface area contributed by atoms with Crippen molar-refractivity contribution in [3.8, 4) is 0 Å². The maximum absolute atomic E-state index is 12.7. The van der Waals surface area contributed by atoms with Crippen LogP contribution in [0.5, 0.6) is 0 Å². The van der Waals surface area contributed by atoms with Gasteiger partial charge in [-0.25, -0.2) is 0 Å². The van der Waals surface area contributed by atoms with Crippen molar-refractivity contribution in [1.82, 2.24) is 4.90 Å². The molecule has 5 heteroatoms. The molecule has 0 saturated heterocycles. The Kier molecular flexibility index (Phi) is 7.79. The summed E-state index contributed by atoms with van der Waals surface area (Å²) in [6.07, 6.45) is 0. The second kappa shape index (κ2) is 8.25. The largest absolute Gasteiger partial charge is 0.465 e. The number of hydrogen-bond donors (Lipinski definition) is 0. The number of methoxy groups -OCH3 is 1. The van der Waals surface area contributed by atoms with Crippen LogP contribution in [0.25, 0.3) is 0 Å². The molecule has 118 valence electrons. The summed E-state index contributed by atoms with van der Waals surface area (Å²) in [6, 6.07) is -0.0724. The van der Waals surface area contributed by atoms with Crippen molar-refractivity contribution in [2.24, 2.45) is 11.3 Å². The number of likely N-dealkylation sites (N-methyl/N-ethyl adjacent to an activating group) is 1. The second-order valence-corrected chi connectivity index (χ2v) is 5.98. The van der Waals surface area contributed by atoms with Crippen molar-refractivity contribution in [2.45, 2.75) is 47.6 Å². The molecule has 0 spiro atoms. The van der Waals surface area contributed by atoms with Crippen molar-refractivity contribution < 1.29 is 19.1 Å². The minimum atomic E-state index is -0.790. The molecule has 0 N–H and O–H groups in total. The first-order valence-corrected chi connectivity index (χ1v) is 7.16. The zero-order chi connectivity index (χ0) is 15.9. The first-order chi connectivity index (χ1) is 9.20. The number of nitrogens with zero attached hydrogens (tertiary/aromatic N) is 1. The van der Waals surface area contributed by atoms with E-state index in [9.17, 15) is 9.59 Å². The third kappa shape index (κ3) is 5.12. The number of amides is 1. The summed E-state index contributed by atoms with van der Waals surface area (Å²) in [6.45, 7) is 12.4. The van der Waals surface area contributed by atoms with Gasteiger partial charge in [-0.1, -0.05) is 20.8 Å². The molecule has 2 atom stereocenters. The molecule has 0 aromatic heterocycles. The lowest BCUT2D eigenvalue weighted by atomic mass is 9.79. The van der Waals surface area contributed by atoms with E-state index in [2.05, 4.69) is 0 Å². The molecule has 0 fully saturated rings. The topological polar surface area (TPSA) is 55.8 Å². The number of ether oxygens (including phenoxy) is 2. The second-order valence-electron chi connectivity index (χ2n) is 5.98. The highest BCUT2D eigenvalue weighted by molar-refractivity contribution is 5.98. The van der Waals surface area contributed by atoms with Crippen LogP contribution in [0.15, 0.2) is 0 Å². The van der Waals surface area contributed by atoms with Gasteiger partial charge < -0.3 is 14.4 Å². The molecule has 0 saturated carbocycles. The van der Waals surface area contributed by atoms with Gasteiger partial charge in [-0.05, 0) is 26.2 Å². The van der Waals surface area contributed by atoms with Crippen molar-refractivity contribution in [2.75, 3.05) is 26.9 Å². The van der Waals surface area contributed by atoms with Crippen LogP contribution in [0, 0.1) is 11.3 Å². The van der Waals surface area contributed by atoms with E-state index in [1.807, 2.05) is 34.6 Å². The van der Waals surface area contributed by atoms with E-state index < -0.39 is 17.3 Å². The number of carbonyl (C=O) groups is 2. The van der Waals surface area contributed by atoms with E-state index in [4.69, 9.17) is 9.47 Å². The molecule has 1 amide bonds. The Morgan fingerprint density at radius 1 is 1.20 bits per heavy atom. The fourth-order valence-corrected chi connectivity index (χ4v) is 2.23. The first-order valence-electron chi connectivity index (χ1n) is 7.16. The molecule has 0 aliphatic carbocycles. The monoisotopic (exact) mass is 287 g/mol. The van der Waals surface area contributed by atoms with E-state index in [1.165, 1.54) is 0 Å². The minimum absolute atomic E-state index is 0.0724. The lowest BCUT2D eigenvalue weighted by molar-refractivity contribution is -0.161.